The lowest BCUT2D eigenvalue weighted by molar-refractivity contribution is -0.150. The van der Waals surface area contributed by atoms with Crippen molar-refractivity contribution in [3.63, 3.8) is 0 Å². The van der Waals surface area contributed by atoms with Crippen LogP contribution in [0.3, 0.4) is 0 Å². The summed E-state index contributed by atoms with van der Waals surface area (Å²) in [5.74, 6) is 1.19. The molecular weight excluding hydrogens is 204 g/mol. The Balaban J connectivity index is 1.57. The summed E-state index contributed by atoms with van der Waals surface area (Å²) in [6.07, 6.45) is 3.29. The van der Waals surface area contributed by atoms with Crippen molar-refractivity contribution in [1.82, 2.24) is 4.90 Å². The van der Waals surface area contributed by atoms with Gasteiger partial charge in [-0.05, 0) is 31.1 Å². The highest BCUT2D eigenvalue weighted by Crippen LogP contribution is 2.43. The number of ether oxygens (including phenoxy) is 1. The van der Waals surface area contributed by atoms with Crippen molar-refractivity contribution in [2.24, 2.45) is 17.6 Å². The van der Waals surface area contributed by atoms with E-state index in [-0.39, 0.29) is 17.6 Å². The van der Waals surface area contributed by atoms with Crippen LogP contribution in [0.5, 0.6) is 0 Å². The standard InChI is InChI=1S/C12H20N2O2/c1-8-4-5-16-10(8)11(15)14-6-12(13,7-14)9-2-3-9/h8-10H,2-7,13H2,1H3. The van der Waals surface area contributed by atoms with Crippen LogP contribution in [0.15, 0.2) is 0 Å². The number of hydrogen-bond acceptors (Lipinski definition) is 3. The Morgan fingerprint density at radius 3 is 2.56 bits per heavy atom. The third kappa shape index (κ3) is 1.55. The molecule has 0 aromatic rings. The summed E-state index contributed by atoms with van der Waals surface area (Å²) in [6, 6.07) is 0. The molecule has 2 saturated heterocycles. The summed E-state index contributed by atoms with van der Waals surface area (Å²) >= 11 is 0. The fourth-order valence-electron chi connectivity index (χ4n) is 2.93. The Hall–Kier alpha value is -0.610. The molecule has 0 aromatic heterocycles. The summed E-state index contributed by atoms with van der Waals surface area (Å²) in [5.41, 5.74) is 6.16. The third-order valence-corrected chi connectivity index (χ3v) is 4.30. The van der Waals surface area contributed by atoms with Gasteiger partial charge >= 0.3 is 0 Å². The van der Waals surface area contributed by atoms with Crippen molar-refractivity contribution in [1.29, 1.82) is 0 Å². The van der Waals surface area contributed by atoms with Gasteiger partial charge in [0.15, 0.2) is 0 Å². The van der Waals surface area contributed by atoms with E-state index in [1.807, 2.05) is 4.90 Å². The zero-order chi connectivity index (χ0) is 11.3. The lowest BCUT2D eigenvalue weighted by Gasteiger charge is -2.49. The van der Waals surface area contributed by atoms with E-state index >= 15 is 0 Å². The molecule has 16 heavy (non-hydrogen) atoms. The number of nitrogens with zero attached hydrogens (tertiary/aromatic N) is 1. The van der Waals surface area contributed by atoms with Crippen LogP contribution in [0.4, 0.5) is 0 Å². The van der Waals surface area contributed by atoms with E-state index in [1.54, 1.807) is 0 Å². The maximum atomic E-state index is 12.1. The van der Waals surface area contributed by atoms with Gasteiger partial charge in [-0.15, -0.1) is 0 Å². The summed E-state index contributed by atoms with van der Waals surface area (Å²) in [7, 11) is 0. The van der Waals surface area contributed by atoms with Gasteiger partial charge in [-0.2, -0.15) is 0 Å². The Bertz CT molecular complexity index is 308. The summed E-state index contributed by atoms with van der Waals surface area (Å²) < 4.78 is 5.50. The summed E-state index contributed by atoms with van der Waals surface area (Å²) in [5, 5.41) is 0. The minimum Gasteiger partial charge on any atom is -0.368 e. The Labute approximate surface area is 96.1 Å². The number of amides is 1. The molecule has 2 aliphatic heterocycles. The van der Waals surface area contributed by atoms with E-state index in [0.717, 1.165) is 26.1 Å². The first-order chi connectivity index (χ1) is 7.60. The van der Waals surface area contributed by atoms with Crippen molar-refractivity contribution in [3.8, 4) is 0 Å². The van der Waals surface area contributed by atoms with Gasteiger partial charge in [0, 0.05) is 19.7 Å². The smallest absolute Gasteiger partial charge is 0.252 e. The van der Waals surface area contributed by atoms with Crippen molar-refractivity contribution in [3.05, 3.63) is 0 Å². The van der Waals surface area contributed by atoms with Crippen LogP contribution in [-0.4, -0.2) is 42.1 Å². The van der Waals surface area contributed by atoms with Gasteiger partial charge in [0.25, 0.3) is 5.91 Å². The zero-order valence-electron chi connectivity index (χ0n) is 9.82. The van der Waals surface area contributed by atoms with Gasteiger partial charge in [0.2, 0.25) is 0 Å². The lowest BCUT2D eigenvalue weighted by Crippen LogP contribution is -2.71. The second-order valence-corrected chi connectivity index (χ2v) is 5.76. The molecule has 2 unspecified atom stereocenters. The highest BCUT2D eigenvalue weighted by molar-refractivity contribution is 5.82. The minimum atomic E-state index is -0.205. The quantitative estimate of drug-likeness (QED) is 0.737. The van der Waals surface area contributed by atoms with Crippen LogP contribution < -0.4 is 5.73 Å². The van der Waals surface area contributed by atoms with Crippen LogP contribution in [0.1, 0.15) is 26.2 Å². The number of likely N-dealkylation sites (tertiary alicyclic amines) is 1. The Kier molecular flexibility index (Phi) is 2.27. The largest absolute Gasteiger partial charge is 0.368 e. The van der Waals surface area contributed by atoms with Gasteiger partial charge in [0.05, 0.1) is 5.54 Å². The molecular formula is C12H20N2O2. The molecule has 4 heteroatoms. The predicted molar refractivity (Wildman–Crippen MR) is 59.7 cm³/mol. The van der Waals surface area contributed by atoms with Crippen LogP contribution >= 0.6 is 0 Å². The van der Waals surface area contributed by atoms with Crippen LogP contribution in [0.2, 0.25) is 0 Å². The number of nitrogens with two attached hydrogens (primary N) is 1. The van der Waals surface area contributed by atoms with Gasteiger partial charge in [-0.3, -0.25) is 4.79 Å². The maximum absolute atomic E-state index is 12.1. The summed E-state index contributed by atoms with van der Waals surface area (Å²) in [4.78, 5) is 14.0. The summed E-state index contributed by atoms with van der Waals surface area (Å²) in [6.45, 7) is 4.29. The van der Waals surface area contributed by atoms with Crippen molar-refractivity contribution in [2.45, 2.75) is 37.8 Å². The predicted octanol–water partition coefficient (Wildman–Crippen LogP) is 0.361. The van der Waals surface area contributed by atoms with Gasteiger partial charge in [0.1, 0.15) is 6.10 Å². The molecule has 90 valence electrons. The maximum Gasteiger partial charge on any atom is 0.252 e. The Morgan fingerprint density at radius 2 is 2.06 bits per heavy atom. The van der Waals surface area contributed by atoms with E-state index in [4.69, 9.17) is 10.5 Å². The molecule has 2 N–H and O–H groups in total. The molecule has 3 fully saturated rings. The Morgan fingerprint density at radius 1 is 1.38 bits per heavy atom. The van der Waals surface area contributed by atoms with E-state index in [2.05, 4.69) is 6.92 Å². The average molecular weight is 224 g/mol. The van der Waals surface area contributed by atoms with Crippen LogP contribution in [0.25, 0.3) is 0 Å². The first-order valence-electron chi connectivity index (χ1n) is 6.29. The topological polar surface area (TPSA) is 55.6 Å². The van der Waals surface area contributed by atoms with E-state index in [9.17, 15) is 4.79 Å². The van der Waals surface area contributed by atoms with Crippen LogP contribution in [-0.2, 0) is 9.53 Å². The molecule has 3 rings (SSSR count). The van der Waals surface area contributed by atoms with Crippen molar-refractivity contribution in [2.75, 3.05) is 19.7 Å². The third-order valence-electron chi connectivity index (χ3n) is 4.30. The van der Waals surface area contributed by atoms with Gasteiger partial charge in [-0.25, -0.2) is 0 Å². The molecule has 0 spiro atoms. The number of rotatable bonds is 2. The first kappa shape index (κ1) is 10.5. The van der Waals surface area contributed by atoms with E-state index < -0.39 is 0 Å². The fraction of sp³-hybridized carbons (Fsp3) is 0.917. The van der Waals surface area contributed by atoms with E-state index in [1.165, 1.54) is 12.8 Å². The molecule has 0 bridgehead atoms. The normalized spacial score (nSPS) is 37.2. The average Bonchev–Trinajstić information content (AvgIpc) is 2.97. The minimum absolute atomic E-state index is 0.0719. The highest BCUT2D eigenvalue weighted by atomic mass is 16.5. The second kappa shape index (κ2) is 3.44. The van der Waals surface area contributed by atoms with Crippen molar-refractivity contribution < 1.29 is 9.53 Å². The SMILES string of the molecule is CC1CCOC1C(=O)N1CC(N)(C2CC2)C1. The number of hydrogen-bond donors (Lipinski definition) is 1. The molecule has 0 aromatic carbocycles. The molecule has 2 heterocycles. The molecule has 0 radical (unpaired) electrons. The molecule has 1 aliphatic carbocycles. The molecule has 1 amide bonds. The zero-order valence-corrected chi connectivity index (χ0v) is 9.82. The van der Waals surface area contributed by atoms with Crippen LogP contribution in [0, 0.1) is 11.8 Å². The first-order valence-corrected chi connectivity index (χ1v) is 6.29. The fourth-order valence-corrected chi connectivity index (χ4v) is 2.93. The highest BCUT2D eigenvalue weighted by Gasteiger charge is 2.53. The number of carbonyl (C=O) groups is 1. The number of carbonyl (C=O) groups excluding carboxylic acids is 1. The second-order valence-electron chi connectivity index (χ2n) is 5.76. The lowest BCUT2D eigenvalue weighted by atomic mass is 9.85. The molecule has 2 atom stereocenters. The molecule has 3 aliphatic rings. The van der Waals surface area contributed by atoms with Crippen molar-refractivity contribution >= 4 is 5.91 Å². The van der Waals surface area contributed by atoms with Gasteiger partial charge < -0.3 is 15.4 Å². The monoisotopic (exact) mass is 224 g/mol. The molecule has 1 saturated carbocycles. The van der Waals surface area contributed by atoms with E-state index in [0.29, 0.717) is 11.8 Å². The van der Waals surface area contributed by atoms with Gasteiger partial charge in [-0.1, -0.05) is 6.92 Å². The molecule has 4 nitrogen and oxygen atoms in total.